The van der Waals surface area contributed by atoms with Crippen LogP contribution in [0.15, 0.2) is 53.2 Å². The van der Waals surface area contributed by atoms with Crippen molar-refractivity contribution in [2.45, 2.75) is 26.8 Å². The molecule has 0 aliphatic rings. The fraction of sp³-hybridized carbons (Fsp3) is 0.263. The van der Waals surface area contributed by atoms with Crippen molar-refractivity contribution in [2.75, 3.05) is 7.05 Å². The Morgan fingerprint density at radius 1 is 1.31 bits per heavy atom. The van der Waals surface area contributed by atoms with Crippen LogP contribution in [0.2, 0.25) is 0 Å². The predicted molar refractivity (Wildman–Crippen MR) is 96.9 cm³/mol. The van der Waals surface area contributed by atoms with Crippen molar-refractivity contribution in [1.29, 1.82) is 0 Å². The normalized spacial score (nSPS) is 11.2. The first-order valence-corrected chi connectivity index (χ1v) is 8.37. The van der Waals surface area contributed by atoms with Crippen molar-refractivity contribution in [3.8, 4) is 5.69 Å². The zero-order valence-corrected chi connectivity index (χ0v) is 15.1. The van der Waals surface area contributed by atoms with Gasteiger partial charge in [-0.05, 0) is 25.5 Å². The maximum absolute atomic E-state index is 12.5. The summed E-state index contributed by atoms with van der Waals surface area (Å²) in [6.45, 7) is 4.35. The maximum atomic E-state index is 12.5. The number of hydrogen-bond acceptors (Lipinski definition) is 5. The Balaban J connectivity index is 1.68. The summed E-state index contributed by atoms with van der Waals surface area (Å²) in [5, 5.41) is 12.1. The molecular formula is C19H21N5O2. The third-order valence-electron chi connectivity index (χ3n) is 3.94. The van der Waals surface area contributed by atoms with E-state index in [0.717, 1.165) is 16.8 Å². The summed E-state index contributed by atoms with van der Waals surface area (Å²) in [7, 11) is 1.70. The molecule has 0 atom stereocenters. The second kappa shape index (κ2) is 7.77. The van der Waals surface area contributed by atoms with E-state index in [9.17, 15) is 4.79 Å². The number of rotatable bonds is 6. The minimum Gasteiger partial charge on any atom is -0.417 e. The topological polar surface area (TPSA) is 77.1 Å². The molecule has 3 rings (SSSR count). The van der Waals surface area contributed by atoms with Crippen LogP contribution in [0.3, 0.4) is 0 Å². The van der Waals surface area contributed by atoms with Crippen LogP contribution in [-0.2, 0) is 13.0 Å². The molecule has 7 heteroatoms. The number of aryl methyl sites for hydroxylation is 1. The number of para-hydroxylation sites is 1. The molecule has 1 aromatic carbocycles. The van der Waals surface area contributed by atoms with Gasteiger partial charge in [0.1, 0.15) is 0 Å². The van der Waals surface area contributed by atoms with Crippen LogP contribution in [-0.4, -0.2) is 37.8 Å². The maximum Gasteiger partial charge on any atom is 0.311 e. The average Bonchev–Trinajstić information content (AvgIpc) is 3.29. The first kappa shape index (κ1) is 17.6. The summed E-state index contributed by atoms with van der Waals surface area (Å²) in [5.74, 6) is 0.110. The van der Waals surface area contributed by atoms with Gasteiger partial charge in [0.15, 0.2) is 0 Å². The lowest BCUT2D eigenvalue weighted by atomic mass is 10.2. The highest BCUT2D eigenvalue weighted by molar-refractivity contribution is 5.89. The molecule has 0 spiro atoms. The van der Waals surface area contributed by atoms with Crippen LogP contribution in [0.5, 0.6) is 0 Å². The smallest absolute Gasteiger partial charge is 0.311 e. The Labute approximate surface area is 152 Å². The molecular weight excluding hydrogens is 330 g/mol. The van der Waals surface area contributed by atoms with Crippen molar-refractivity contribution in [1.82, 2.24) is 24.9 Å². The molecule has 0 fully saturated rings. The molecule has 7 nitrogen and oxygen atoms in total. The zero-order valence-electron chi connectivity index (χ0n) is 15.1. The summed E-state index contributed by atoms with van der Waals surface area (Å²) >= 11 is 0. The lowest BCUT2D eigenvalue weighted by Gasteiger charge is -2.13. The molecule has 2 aromatic heterocycles. The van der Waals surface area contributed by atoms with Crippen molar-refractivity contribution < 1.29 is 9.21 Å². The highest BCUT2D eigenvalue weighted by atomic mass is 16.4. The minimum absolute atomic E-state index is 0.00158. The van der Waals surface area contributed by atoms with Gasteiger partial charge in [-0.1, -0.05) is 30.4 Å². The van der Waals surface area contributed by atoms with Gasteiger partial charge in [-0.3, -0.25) is 4.79 Å². The van der Waals surface area contributed by atoms with Gasteiger partial charge in [0.25, 0.3) is 0 Å². The Kier molecular flexibility index (Phi) is 5.26. The van der Waals surface area contributed by atoms with E-state index < -0.39 is 0 Å². The van der Waals surface area contributed by atoms with Crippen LogP contribution in [0, 0.1) is 6.92 Å². The average molecular weight is 351 g/mol. The fourth-order valence-electron chi connectivity index (χ4n) is 2.54. The largest absolute Gasteiger partial charge is 0.417 e. The highest BCUT2D eigenvalue weighted by Crippen LogP contribution is 2.14. The van der Waals surface area contributed by atoms with Gasteiger partial charge in [-0.25, -0.2) is 4.68 Å². The summed E-state index contributed by atoms with van der Waals surface area (Å²) in [5.41, 5.74) is 3.06. The van der Waals surface area contributed by atoms with Gasteiger partial charge >= 0.3 is 11.8 Å². The number of benzene rings is 1. The minimum atomic E-state index is -0.312. The van der Waals surface area contributed by atoms with Gasteiger partial charge < -0.3 is 9.32 Å². The molecule has 26 heavy (non-hydrogen) atoms. The standard InChI is InChI=1S/C19H21N5O2/c1-4-5-10-17-21-22-18(26-17)19(25)23(3)12-15-11-20-24(13-15)16-9-7-6-8-14(16)2/h4-9,11,13H,10,12H2,1-3H3. The third kappa shape index (κ3) is 3.88. The van der Waals surface area contributed by atoms with E-state index in [0.29, 0.717) is 18.9 Å². The molecule has 0 aliphatic heterocycles. The number of carbonyl (C=O) groups is 1. The monoisotopic (exact) mass is 351 g/mol. The molecule has 1 amide bonds. The molecule has 0 saturated carbocycles. The van der Waals surface area contributed by atoms with E-state index in [1.54, 1.807) is 13.2 Å². The SMILES string of the molecule is CC=CCc1nnc(C(=O)N(C)Cc2cnn(-c3ccccc3C)c2)o1. The van der Waals surface area contributed by atoms with Gasteiger partial charge in [0.2, 0.25) is 5.89 Å². The van der Waals surface area contributed by atoms with Crippen molar-refractivity contribution >= 4 is 5.91 Å². The fourth-order valence-corrected chi connectivity index (χ4v) is 2.54. The molecule has 0 radical (unpaired) electrons. The first-order chi connectivity index (χ1) is 12.6. The van der Waals surface area contributed by atoms with Gasteiger partial charge in [-0.2, -0.15) is 5.10 Å². The summed E-state index contributed by atoms with van der Waals surface area (Å²) in [4.78, 5) is 14.0. The number of hydrogen-bond donors (Lipinski definition) is 0. The first-order valence-electron chi connectivity index (χ1n) is 8.37. The van der Waals surface area contributed by atoms with E-state index in [1.165, 1.54) is 4.90 Å². The second-order valence-electron chi connectivity index (χ2n) is 6.01. The number of carbonyl (C=O) groups excluding carboxylic acids is 1. The summed E-state index contributed by atoms with van der Waals surface area (Å²) < 4.78 is 7.22. The quantitative estimate of drug-likeness (QED) is 0.638. The Hall–Kier alpha value is -3.22. The highest BCUT2D eigenvalue weighted by Gasteiger charge is 2.19. The summed E-state index contributed by atoms with van der Waals surface area (Å²) in [6, 6.07) is 8.00. The van der Waals surface area contributed by atoms with E-state index in [1.807, 2.05) is 61.1 Å². The lowest BCUT2D eigenvalue weighted by Crippen LogP contribution is -2.26. The third-order valence-corrected chi connectivity index (χ3v) is 3.94. The van der Waals surface area contributed by atoms with Crippen molar-refractivity contribution in [3.05, 3.63) is 71.7 Å². The van der Waals surface area contributed by atoms with E-state index in [-0.39, 0.29) is 11.8 Å². The van der Waals surface area contributed by atoms with Gasteiger partial charge in [0.05, 0.1) is 11.9 Å². The predicted octanol–water partition coefficient (Wildman–Crippen LogP) is 2.95. The van der Waals surface area contributed by atoms with Gasteiger partial charge in [-0.15, -0.1) is 10.2 Å². The molecule has 0 saturated heterocycles. The van der Waals surface area contributed by atoms with Crippen LogP contribution in [0.4, 0.5) is 0 Å². The van der Waals surface area contributed by atoms with Crippen molar-refractivity contribution in [2.24, 2.45) is 0 Å². The van der Waals surface area contributed by atoms with E-state index >= 15 is 0 Å². The van der Waals surface area contributed by atoms with E-state index in [2.05, 4.69) is 15.3 Å². The number of allylic oxidation sites excluding steroid dienone is 2. The molecule has 0 bridgehead atoms. The number of amides is 1. The molecule has 0 aliphatic carbocycles. The Morgan fingerprint density at radius 3 is 2.88 bits per heavy atom. The second-order valence-corrected chi connectivity index (χ2v) is 6.01. The molecule has 0 N–H and O–H groups in total. The molecule has 2 heterocycles. The molecule has 0 unspecified atom stereocenters. The molecule has 134 valence electrons. The van der Waals surface area contributed by atoms with E-state index in [4.69, 9.17) is 4.42 Å². The van der Waals surface area contributed by atoms with Crippen LogP contribution >= 0.6 is 0 Å². The Morgan fingerprint density at radius 2 is 2.12 bits per heavy atom. The Bertz CT molecular complexity index is 925. The van der Waals surface area contributed by atoms with Crippen LogP contribution in [0.1, 0.15) is 34.6 Å². The van der Waals surface area contributed by atoms with Crippen LogP contribution in [0.25, 0.3) is 5.69 Å². The van der Waals surface area contributed by atoms with Crippen LogP contribution < -0.4 is 0 Å². The lowest BCUT2D eigenvalue weighted by molar-refractivity contribution is 0.0743. The zero-order chi connectivity index (χ0) is 18.5. The van der Waals surface area contributed by atoms with Crippen molar-refractivity contribution in [3.63, 3.8) is 0 Å². The molecule has 3 aromatic rings. The summed E-state index contributed by atoms with van der Waals surface area (Å²) in [6.07, 6.45) is 7.97. The number of aromatic nitrogens is 4. The number of nitrogens with zero attached hydrogens (tertiary/aromatic N) is 5. The van der Waals surface area contributed by atoms with Gasteiger partial charge in [0, 0.05) is 31.8 Å².